The van der Waals surface area contributed by atoms with E-state index in [4.69, 9.17) is 0 Å². The van der Waals surface area contributed by atoms with E-state index in [-0.39, 0.29) is 36.4 Å². The average molecular weight is 416 g/mol. The number of rotatable bonds is 6. The van der Waals surface area contributed by atoms with Gasteiger partial charge in [0.15, 0.2) is 5.82 Å². The fraction of sp³-hybridized carbons (Fsp3) is 0.174. The van der Waals surface area contributed by atoms with Gasteiger partial charge in [-0.2, -0.15) is 0 Å². The highest BCUT2D eigenvalue weighted by Crippen LogP contribution is 2.24. The number of benzene rings is 2. The van der Waals surface area contributed by atoms with Crippen LogP contribution in [0, 0.1) is 6.92 Å². The summed E-state index contributed by atoms with van der Waals surface area (Å²) in [5, 5.41) is 12.2. The van der Waals surface area contributed by atoms with Crippen LogP contribution in [0.5, 0.6) is 5.75 Å². The third kappa shape index (κ3) is 4.28. The lowest BCUT2D eigenvalue weighted by molar-refractivity contribution is -0.116. The first-order valence-electron chi connectivity index (χ1n) is 9.80. The van der Waals surface area contributed by atoms with Crippen LogP contribution >= 0.6 is 0 Å². The minimum Gasteiger partial charge on any atom is -0.508 e. The maximum absolute atomic E-state index is 12.5. The fourth-order valence-corrected chi connectivity index (χ4v) is 3.42. The van der Waals surface area contributed by atoms with Crippen LogP contribution in [0.25, 0.3) is 11.4 Å². The highest BCUT2D eigenvalue weighted by molar-refractivity contribution is 6.21. The summed E-state index contributed by atoms with van der Waals surface area (Å²) < 4.78 is 0. The molecule has 3 amide bonds. The third-order valence-electron chi connectivity index (χ3n) is 4.95. The van der Waals surface area contributed by atoms with Gasteiger partial charge in [-0.15, -0.1) is 0 Å². The smallest absolute Gasteiger partial charge is 0.261 e. The predicted molar refractivity (Wildman–Crippen MR) is 114 cm³/mol. The number of nitrogens with zero attached hydrogens (tertiary/aromatic N) is 3. The molecule has 2 heterocycles. The summed E-state index contributed by atoms with van der Waals surface area (Å²) in [6, 6.07) is 11.7. The molecule has 0 bridgehead atoms. The van der Waals surface area contributed by atoms with E-state index in [0.717, 1.165) is 5.56 Å². The van der Waals surface area contributed by atoms with Gasteiger partial charge in [0, 0.05) is 18.5 Å². The Hall–Kier alpha value is -4.07. The number of amides is 3. The zero-order valence-corrected chi connectivity index (χ0v) is 16.8. The van der Waals surface area contributed by atoms with Crippen LogP contribution in [0.1, 0.15) is 39.1 Å². The van der Waals surface area contributed by atoms with E-state index in [0.29, 0.717) is 34.6 Å². The SMILES string of the molecule is Cc1ccc2c(c1)C(=O)N(CCCC(=O)Nc1cnc(-c3cccc(O)c3)nc1)C2=O. The van der Waals surface area contributed by atoms with E-state index in [2.05, 4.69) is 15.3 Å². The number of hydrogen-bond acceptors (Lipinski definition) is 6. The van der Waals surface area contributed by atoms with E-state index in [1.807, 2.05) is 6.92 Å². The van der Waals surface area contributed by atoms with Crippen molar-refractivity contribution in [3.05, 3.63) is 71.5 Å². The molecule has 0 aliphatic carbocycles. The Morgan fingerprint density at radius 2 is 1.77 bits per heavy atom. The number of phenolic OH excluding ortho intramolecular Hbond substituents is 1. The molecule has 3 aromatic rings. The van der Waals surface area contributed by atoms with Gasteiger partial charge in [0.1, 0.15) is 5.75 Å². The Morgan fingerprint density at radius 3 is 2.52 bits per heavy atom. The number of aromatic hydroxyl groups is 1. The van der Waals surface area contributed by atoms with Crippen molar-refractivity contribution in [3.63, 3.8) is 0 Å². The van der Waals surface area contributed by atoms with Gasteiger partial charge in [-0.25, -0.2) is 9.97 Å². The number of carbonyl (C=O) groups excluding carboxylic acids is 3. The third-order valence-corrected chi connectivity index (χ3v) is 4.95. The molecule has 1 aromatic heterocycles. The van der Waals surface area contributed by atoms with Crippen molar-refractivity contribution >= 4 is 23.4 Å². The number of hydrogen-bond donors (Lipinski definition) is 2. The van der Waals surface area contributed by atoms with Gasteiger partial charge >= 0.3 is 0 Å². The molecule has 2 N–H and O–H groups in total. The molecule has 1 aliphatic heterocycles. The molecule has 0 spiro atoms. The van der Waals surface area contributed by atoms with Crippen LogP contribution in [0.4, 0.5) is 5.69 Å². The largest absolute Gasteiger partial charge is 0.508 e. The molecular formula is C23H20N4O4. The van der Waals surface area contributed by atoms with Crippen LogP contribution in [0.2, 0.25) is 0 Å². The second-order valence-corrected chi connectivity index (χ2v) is 7.31. The average Bonchev–Trinajstić information content (AvgIpc) is 2.98. The highest BCUT2D eigenvalue weighted by Gasteiger charge is 2.34. The number of aryl methyl sites for hydroxylation is 1. The number of nitrogens with one attached hydrogen (secondary N) is 1. The van der Waals surface area contributed by atoms with Gasteiger partial charge in [0.25, 0.3) is 11.8 Å². The van der Waals surface area contributed by atoms with E-state index in [1.165, 1.54) is 17.3 Å². The maximum atomic E-state index is 12.5. The maximum Gasteiger partial charge on any atom is 0.261 e. The van der Waals surface area contributed by atoms with Crippen molar-refractivity contribution in [2.75, 3.05) is 11.9 Å². The molecule has 0 atom stereocenters. The molecule has 1 aliphatic rings. The van der Waals surface area contributed by atoms with Gasteiger partial charge in [-0.3, -0.25) is 19.3 Å². The van der Waals surface area contributed by atoms with Crippen molar-refractivity contribution in [3.8, 4) is 17.1 Å². The summed E-state index contributed by atoms with van der Waals surface area (Å²) in [6.07, 6.45) is 3.45. The van der Waals surface area contributed by atoms with Gasteiger partial charge in [-0.1, -0.05) is 23.8 Å². The zero-order valence-electron chi connectivity index (χ0n) is 16.8. The summed E-state index contributed by atoms with van der Waals surface area (Å²) in [4.78, 5) is 46.7. The van der Waals surface area contributed by atoms with E-state index >= 15 is 0 Å². The molecule has 0 fully saturated rings. The molecule has 0 radical (unpaired) electrons. The first kappa shape index (κ1) is 20.2. The Kier molecular flexibility index (Phi) is 5.44. The second kappa shape index (κ2) is 8.35. The molecule has 2 aromatic carbocycles. The molecule has 0 unspecified atom stereocenters. The van der Waals surface area contributed by atoms with Gasteiger partial charge in [-0.05, 0) is 37.6 Å². The molecule has 4 rings (SSSR count). The van der Waals surface area contributed by atoms with Crippen LogP contribution in [0.15, 0.2) is 54.9 Å². The number of aromatic nitrogens is 2. The summed E-state index contributed by atoms with van der Waals surface area (Å²) >= 11 is 0. The summed E-state index contributed by atoms with van der Waals surface area (Å²) in [7, 11) is 0. The molecule has 8 heteroatoms. The van der Waals surface area contributed by atoms with Gasteiger partial charge in [0.2, 0.25) is 5.91 Å². The molecule has 156 valence electrons. The van der Waals surface area contributed by atoms with Crippen molar-refractivity contribution in [1.29, 1.82) is 0 Å². The van der Waals surface area contributed by atoms with Crippen molar-refractivity contribution in [2.45, 2.75) is 19.8 Å². The lowest BCUT2D eigenvalue weighted by Gasteiger charge is -2.13. The summed E-state index contributed by atoms with van der Waals surface area (Å²) in [5.74, 6) is -0.362. The number of imide groups is 1. The normalized spacial score (nSPS) is 12.7. The van der Waals surface area contributed by atoms with E-state index < -0.39 is 0 Å². The molecule has 31 heavy (non-hydrogen) atoms. The lowest BCUT2D eigenvalue weighted by Crippen LogP contribution is -2.31. The molecule has 0 saturated heterocycles. The predicted octanol–water partition coefficient (Wildman–Crippen LogP) is 3.17. The van der Waals surface area contributed by atoms with E-state index in [9.17, 15) is 19.5 Å². The topological polar surface area (TPSA) is 112 Å². The zero-order chi connectivity index (χ0) is 22.0. The quantitative estimate of drug-likeness (QED) is 0.597. The van der Waals surface area contributed by atoms with Crippen LogP contribution in [0.3, 0.4) is 0 Å². The monoisotopic (exact) mass is 416 g/mol. The van der Waals surface area contributed by atoms with Crippen LogP contribution in [-0.2, 0) is 4.79 Å². The molecule has 8 nitrogen and oxygen atoms in total. The minimum atomic E-state index is -0.323. The minimum absolute atomic E-state index is 0.117. The highest BCUT2D eigenvalue weighted by atomic mass is 16.3. The van der Waals surface area contributed by atoms with E-state index in [1.54, 1.807) is 42.5 Å². The lowest BCUT2D eigenvalue weighted by atomic mass is 10.1. The number of carbonyl (C=O) groups is 3. The summed E-state index contributed by atoms with van der Waals surface area (Å²) in [5.41, 5.74) is 2.83. The second-order valence-electron chi connectivity index (χ2n) is 7.31. The van der Waals surface area contributed by atoms with Crippen LogP contribution in [-0.4, -0.2) is 44.2 Å². The fourth-order valence-electron chi connectivity index (χ4n) is 3.42. The number of phenols is 1. The standard InChI is InChI=1S/C23H20N4O4/c1-14-7-8-18-19(10-14)23(31)27(22(18)30)9-3-6-20(29)26-16-12-24-21(25-13-16)15-4-2-5-17(28)11-15/h2,4-5,7-8,10-13,28H,3,6,9H2,1H3,(H,26,29). The number of fused-ring (bicyclic) bond motifs is 1. The number of anilines is 1. The van der Waals surface area contributed by atoms with Crippen LogP contribution < -0.4 is 5.32 Å². The first-order valence-corrected chi connectivity index (χ1v) is 9.80. The molecular weight excluding hydrogens is 396 g/mol. The Bertz CT molecular complexity index is 1170. The van der Waals surface area contributed by atoms with Crippen molar-refractivity contribution < 1.29 is 19.5 Å². The Balaban J connectivity index is 1.30. The van der Waals surface area contributed by atoms with Crippen molar-refractivity contribution in [2.24, 2.45) is 0 Å². The van der Waals surface area contributed by atoms with Gasteiger partial charge in [0.05, 0.1) is 29.2 Å². The Labute approximate surface area is 178 Å². The van der Waals surface area contributed by atoms with Crippen molar-refractivity contribution in [1.82, 2.24) is 14.9 Å². The van der Waals surface area contributed by atoms with Gasteiger partial charge < -0.3 is 10.4 Å². The summed E-state index contributed by atoms with van der Waals surface area (Å²) in [6.45, 7) is 2.04. The molecule has 0 saturated carbocycles. The Morgan fingerprint density at radius 1 is 1.03 bits per heavy atom. The first-order chi connectivity index (χ1) is 14.9.